The van der Waals surface area contributed by atoms with Crippen LogP contribution in [0.1, 0.15) is 19.4 Å². The third-order valence-corrected chi connectivity index (χ3v) is 8.28. The highest BCUT2D eigenvalue weighted by molar-refractivity contribution is 7.89. The van der Waals surface area contributed by atoms with Crippen molar-refractivity contribution in [3.8, 4) is 11.4 Å². The summed E-state index contributed by atoms with van der Waals surface area (Å²) in [6.45, 7) is 5.28. The smallest absolute Gasteiger partial charge is 0.243 e. The number of carbonyl (C=O) groups excluding carboxylic acids is 1. The number of piperazine rings is 1. The van der Waals surface area contributed by atoms with Gasteiger partial charge in [0.25, 0.3) is 0 Å². The van der Waals surface area contributed by atoms with Crippen molar-refractivity contribution in [1.29, 1.82) is 0 Å². The van der Waals surface area contributed by atoms with Crippen molar-refractivity contribution >= 4 is 27.4 Å². The molecule has 0 saturated carbocycles. The predicted molar refractivity (Wildman–Crippen MR) is 129 cm³/mol. The molecule has 0 spiro atoms. The standard InChI is InChI=1S/C24H26N6O3S/c1-17-15-19-16-20(6-8-23(19)30(17)18(2)31)34(32,33)29-13-11-28(12-14-29)24-9-7-22(26-27-24)21-5-3-4-10-25-21/h3-10,16-17H,11-15H2,1-2H3. The molecule has 34 heavy (non-hydrogen) atoms. The maximum atomic E-state index is 13.3. The fraction of sp³-hybridized carbons (Fsp3) is 0.333. The van der Waals surface area contributed by atoms with E-state index >= 15 is 0 Å². The molecule has 0 bridgehead atoms. The van der Waals surface area contributed by atoms with Gasteiger partial charge in [0.05, 0.1) is 10.6 Å². The van der Waals surface area contributed by atoms with Gasteiger partial charge in [0.2, 0.25) is 15.9 Å². The molecule has 2 aliphatic heterocycles. The third-order valence-electron chi connectivity index (χ3n) is 6.38. The highest BCUT2D eigenvalue weighted by atomic mass is 32.2. The molecule has 2 aliphatic rings. The minimum absolute atomic E-state index is 0.0270. The Morgan fingerprint density at radius 3 is 2.41 bits per heavy atom. The molecule has 1 aromatic carbocycles. The second-order valence-corrected chi connectivity index (χ2v) is 10.6. The summed E-state index contributed by atoms with van der Waals surface area (Å²) in [6.07, 6.45) is 2.37. The number of anilines is 2. The normalized spacial score (nSPS) is 18.7. The first-order chi connectivity index (χ1) is 16.3. The zero-order valence-electron chi connectivity index (χ0n) is 19.1. The minimum Gasteiger partial charge on any atom is -0.352 e. The Hall–Kier alpha value is -3.37. The van der Waals surface area contributed by atoms with Gasteiger partial charge in [-0.1, -0.05) is 6.07 Å². The Bertz CT molecular complexity index is 1310. The molecule has 0 N–H and O–H groups in total. The number of benzene rings is 1. The van der Waals surface area contributed by atoms with Gasteiger partial charge >= 0.3 is 0 Å². The van der Waals surface area contributed by atoms with E-state index in [9.17, 15) is 13.2 Å². The quantitative estimate of drug-likeness (QED) is 0.567. The van der Waals surface area contributed by atoms with E-state index in [2.05, 4.69) is 15.2 Å². The summed E-state index contributed by atoms with van der Waals surface area (Å²) in [4.78, 5) is 20.3. The Labute approximate surface area is 199 Å². The lowest BCUT2D eigenvalue weighted by atomic mass is 10.1. The van der Waals surface area contributed by atoms with Gasteiger partial charge in [-0.15, -0.1) is 10.2 Å². The summed E-state index contributed by atoms with van der Waals surface area (Å²) < 4.78 is 28.2. The first-order valence-electron chi connectivity index (χ1n) is 11.3. The molecule has 3 aromatic rings. The van der Waals surface area contributed by atoms with Crippen molar-refractivity contribution < 1.29 is 13.2 Å². The van der Waals surface area contributed by atoms with Crippen molar-refractivity contribution in [2.24, 2.45) is 0 Å². The number of rotatable bonds is 4. The average molecular weight is 479 g/mol. The first kappa shape index (κ1) is 22.4. The fourth-order valence-electron chi connectivity index (χ4n) is 4.70. The number of pyridine rings is 1. The monoisotopic (exact) mass is 478 g/mol. The number of fused-ring (bicyclic) bond motifs is 1. The molecular weight excluding hydrogens is 452 g/mol. The molecule has 10 heteroatoms. The number of hydrogen-bond acceptors (Lipinski definition) is 7. The van der Waals surface area contributed by atoms with Crippen LogP contribution >= 0.6 is 0 Å². The van der Waals surface area contributed by atoms with Crippen molar-refractivity contribution in [2.45, 2.75) is 31.2 Å². The van der Waals surface area contributed by atoms with Gasteiger partial charge in [-0.05, 0) is 61.4 Å². The minimum atomic E-state index is -3.63. The van der Waals surface area contributed by atoms with E-state index < -0.39 is 10.0 Å². The van der Waals surface area contributed by atoms with Crippen molar-refractivity contribution in [1.82, 2.24) is 19.5 Å². The van der Waals surface area contributed by atoms with E-state index in [1.54, 1.807) is 29.3 Å². The topological polar surface area (TPSA) is 99.6 Å². The molecule has 1 fully saturated rings. The van der Waals surface area contributed by atoms with Gasteiger partial charge in [0.15, 0.2) is 5.82 Å². The number of carbonyl (C=O) groups is 1. The molecule has 0 aliphatic carbocycles. The first-order valence-corrected chi connectivity index (χ1v) is 12.7. The van der Waals surface area contributed by atoms with Crippen molar-refractivity contribution in [3.05, 3.63) is 60.3 Å². The largest absolute Gasteiger partial charge is 0.352 e. The number of hydrogen-bond donors (Lipinski definition) is 0. The zero-order valence-corrected chi connectivity index (χ0v) is 19.9. The lowest BCUT2D eigenvalue weighted by Gasteiger charge is -2.34. The molecule has 1 unspecified atom stereocenters. The van der Waals surface area contributed by atoms with Crippen LogP contribution in [0.2, 0.25) is 0 Å². The van der Waals surface area contributed by atoms with E-state index in [1.165, 1.54) is 11.2 Å². The molecule has 1 saturated heterocycles. The highest BCUT2D eigenvalue weighted by Gasteiger charge is 2.33. The lowest BCUT2D eigenvalue weighted by Crippen LogP contribution is -2.49. The maximum Gasteiger partial charge on any atom is 0.243 e. The van der Waals surface area contributed by atoms with E-state index in [0.717, 1.165) is 16.9 Å². The zero-order chi connectivity index (χ0) is 23.9. The van der Waals surface area contributed by atoms with Crippen LogP contribution in [-0.2, 0) is 21.2 Å². The van der Waals surface area contributed by atoms with Gasteiger partial charge in [-0.25, -0.2) is 8.42 Å². The summed E-state index contributed by atoms with van der Waals surface area (Å²) in [5, 5.41) is 8.61. The molecular formula is C24H26N6O3S. The van der Waals surface area contributed by atoms with Gasteiger partial charge in [-0.3, -0.25) is 9.78 Å². The summed E-state index contributed by atoms with van der Waals surface area (Å²) in [5.74, 6) is 0.682. The van der Waals surface area contributed by atoms with Crippen LogP contribution < -0.4 is 9.80 Å². The van der Waals surface area contributed by atoms with Gasteiger partial charge < -0.3 is 9.80 Å². The maximum absolute atomic E-state index is 13.3. The van der Waals surface area contributed by atoms with Crippen LogP contribution in [0.25, 0.3) is 11.4 Å². The molecule has 2 aromatic heterocycles. The average Bonchev–Trinajstić information content (AvgIpc) is 3.20. The van der Waals surface area contributed by atoms with Crippen LogP contribution in [0.15, 0.2) is 59.6 Å². The van der Waals surface area contributed by atoms with Crippen molar-refractivity contribution in [3.63, 3.8) is 0 Å². The van der Waals surface area contributed by atoms with Gasteiger partial charge in [-0.2, -0.15) is 4.31 Å². The van der Waals surface area contributed by atoms with E-state index in [1.807, 2.05) is 42.2 Å². The third kappa shape index (κ3) is 4.03. The molecule has 4 heterocycles. The Morgan fingerprint density at radius 2 is 1.76 bits per heavy atom. The Morgan fingerprint density at radius 1 is 0.971 bits per heavy atom. The highest BCUT2D eigenvalue weighted by Crippen LogP contribution is 2.34. The van der Waals surface area contributed by atoms with Crippen LogP contribution in [0.4, 0.5) is 11.5 Å². The summed E-state index contributed by atoms with van der Waals surface area (Å²) in [7, 11) is -3.63. The predicted octanol–water partition coefficient (Wildman–Crippen LogP) is 2.35. The van der Waals surface area contributed by atoms with E-state index in [4.69, 9.17) is 0 Å². The summed E-state index contributed by atoms with van der Waals surface area (Å²) >= 11 is 0. The molecule has 9 nitrogen and oxygen atoms in total. The number of sulfonamides is 1. The van der Waals surface area contributed by atoms with Gasteiger partial charge in [0.1, 0.15) is 5.69 Å². The summed E-state index contributed by atoms with van der Waals surface area (Å²) in [5.41, 5.74) is 3.15. The number of amides is 1. The fourth-order valence-corrected chi connectivity index (χ4v) is 6.17. The molecule has 0 radical (unpaired) electrons. The van der Waals surface area contributed by atoms with Gasteiger partial charge in [0, 0.05) is 51.0 Å². The molecule has 5 rings (SSSR count). The molecule has 1 amide bonds. The van der Waals surface area contributed by atoms with E-state index in [0.29, 0.717) is 44.1 Å². The second-order valence-electron chi connectivity index (χ2n) is 8.62. The Balaban J connectivity index is 1.27. The lowest BCUT2D eigenvalue weighted by molar-refractivity contribution is -0.116. The summed E-state index contributed by atoms with van der Waals surface area (Å²) in [6, 6.07) is 14.5. The van der Waals surface area contributed by atoms with Crippen LogP contribution in [0.3, 0.4) is 0 Å². The Kier molecular flexibility index (Phi) is 5.78. The number of aromatic nitrogens is 3. The van der Waals surface area contributed by atoms with Crippen molar-refractivity contribution in [2.75, 3.05) is 36.0 Å². The van der Waals surface area contributed by atoms with E-state index in [-0.39, 0.29) is 16.8 Å². The molecule has 1 atom stereocenters. The SMILES string of the molecule is CC(=O)N1c2ccc(S(=O)(=O)N3CCN(c4ccc(-c5ccccn5)nn4)CC3)cc2CC1C. The number of nitrogens with zero attached hydrogens (tertiary/aromatic N) is 6. The van der Waals surface area contributed by atoms with Crippen LogP contribution in [0.5, 0.6) is 0 Å². The van der Waals surface area contributed by atoms with Crippen LogP contribution in [0, 0.1) is 0 Å². The second kappa shape index (κ2) is 8.77. The molecule has 176 valence electrons. The van der Waals surface area contributed by atoms with Crippen LogP contribution in [-0.4, -0.2) is 66.0 Å².